The van der Waals surface area contributed by atoms with Crippen LogP contribution in [0.3, 0.4) is 0 Å². The molecule has 2 N–H and O–H groups in total. The molecule has 0 aliphatic rings. The highest BCUT2D eigenvalue weighted by Crippen LogP contribution is 2.22. The quantitative estimate of drug-likeness (QED) is 0.722. The van der Waals surface area contributed by atoms with Crippen LogP contribution in [0, 0.1) is 0 Å². The number of hydrogen-bond donors (Lipinski definition) is 2. The number of aromatic carboxylic acids is 1. The second kappa shape index (κ2) is 9.54. The van der Waals surface area contributed by atoms with Crippen LogP contribution in [-0.2, 0) is 9.59 Å². The topological polar surface area (TPSA) is 95.9 Å². The molecule has 0 spiro atoms. The van der Waals surface area contributed by atoms with Gasteiger partial charge in [0.05, 0.1) is 18.4 Å². The fraction of sp³-hybridized carbons (Fsp3) is 0.471. The highest BCUT2D eigenvalue weighted by molar-refractivity contribution is 6.00. The second-order valence-corrected chi connectivity index (χ2v) is 5.18. The minimum atomic E-state index is -1.15. The molecule has 0 heterocycles. The summed E-state index contributed by atoms with van der Waals surface area (Å²) < 4.78 is 4.98. The van der Waals surface area contributed by atoms with Crippen molar-refractivity contribution in [2.45, 2.75) is 33.1 Å². The standard InChI is InChI=1S/C17H24N2O5/c1-4-19(5-2)16(21)8-6-7-15(20)18-14-10-9-12(24-3)11-13(14)17(22)23/h9-11H,4-8H2,1-3H3,(H,18,20)(H,22,23). The van der Waals surface area contributed by atoms with Gasteiger partial charge in [-0.15, -0.1) is 0 Å². The summed E-state index contributed by atoms with van der Waals surface area (Å²) >= 11 is 0. The normalized spacial score (nSPS) is 10.1. The van der Waals surface area contributed by atoms with E-state index in [0.717, 1.165) is 0 Å². The smallest absolute Gasteiger partial charge is 0.337 e. The van der Waals surface area contributed by atoms with Gasteiger partial charge in [0.2, 0.25) is 11.8 Å². The molecule has 0 aliphatic carbocycles. The summed E-state index contributed by atoms with van der Waals surface area (Å²) in [7, 11) is 1.44. The number of carboxylic acid groups (broad SMARTS) is 1. The lowest BCUT2D eigenvalue weighted by atomic mass is 10.1. The molecule has 0 aliphatic heterocycles. The Morgan fingerprint density at radius 3 is 2.38 bits per heavy atom. The summed E-state index contributed by atoms with van der Waals surface area (Å²) in [6.45, 7) is 5.11. The van der Waals surface area contributed by atoms with Gasteiger partial charge in [0, 0.05) is 25.9 Å². The molecule has 0 fully saturated rings. The van der Waals surface area contributed by atoms with Gasteiger partial charge in [-0.3, -0.25) is 9.59 Å². The minimum absolute atomic E-state index is 0.0171. The molecule has 0 saturated carbocycles. The van der Waals surface area contributed by atoms with Crippen LogP contribution >= 0.6 is 0 Å². The van der Waals surface area contributed by atoms with Crippen molar-refractivity contribution in [3.63, 3.8) is 0 Å². The number of carbonyl (C=O) groups excluding carboxylic acids is 2. The largest absolute Gasteiger partial charge is 0.497 e. The zero-order valence-corrected chi connectivity index (χ0v) is 14.3. The van der Waals surface area contributed by atoms with Crippen LogP contribution in [-0.4, -0.2) is 48.0 Å². The molecule has 0 unspecified atom stereocenters. The molecule has 0 bridgehead atoms. The molecule has 24 heavy (non-hydrogen) atoms. The molecule has 1 aromatic carbocycles. The predicted octanol–water partition coefficient (Wildman–Crippen LogP) is 2.37. The van der Waals surface area contributed by atoms with E-state index < -0.39 is 5.97 Å². The number of anilines is 1. The first-order chi connectivity index (χ1) is 11.4. The van der Waals surface area contributed by atoms with Crippen molar-refractivity contribution >= 4 is 23.5 Å². The Labute approximate surface area is 141 Å². The molecule has 0 atom stereocenters. The first-order valence-electron chi connectivity index (χ1n) is 7.91. The number of nitrogens with one attached hydrogen (secondary N) is 1. The van der Waals surface area contributed by atoms with Crippen LogP contribution in [0.25, 0.3) is 0 Å². The lowest BCUT2D eigenvalue weighted by Gasteiger charge is -2.18. The maximum Gasteiger partial charge on any atom is 0.337 e. The molecule has 7 nitrogen and oxygen atoms in total. The van der Waals surface area contributed by atoms with Gasteiger partial charge in [0.15, 0.2) is 0 Å². The maximum atomic E-state index is 12.0. The fourth-order valence-electron chi connectivity index (χ4n) is 2.28. The summed E-state index contributed by atoms with van der Waals surface area (Å²) in [6, 6.07) is 4.41. The number of benzene rings is 1. The van der Waals surface area contributed by atoms with Crippen molar-refractivity contribution in [2.75, 3.05) is 25.5 Å². The van der Waals surface area contributed by atoms with Gasteiger partial charge in [-0.2, -0.15) is 0 Å². The van der Waals surface area contributed by atoms with E-state index in [4.69, 9.17) is 4.74 Å². The summed E-state index contributed by atoms with van der Waals surface area (Å²) in [5, 5.41) is 11.8. The second-order valence-electron chi connectivity index (χ2n) is 5.18. The third-order valence-corrected chi connectivity index (χ3v) is 3.64. The van der Waals surface area contributed by atoms with Gasteiger partial charge in [-0.05, 0) is 38.5 Å². The Bertz CT molecular complexity index is 597. The summed E-state index contributed by atoms with van der Waals surface area (Å²) in [5.74, 6) is -1.06. The van der Waals surface area contributed by atoms with E-state index in [9.17, 15) is 19.5 Å². The van der Waals surface area contributed by atoms with Crippen LogP contribution < -0.4 is 10.1 Å². The average Bonchev–Trinajstić information content (AvgIpc) is 2.56. The molecule has 1 rings (SSSR count). The first kappa shape index (κ1) is 19.5. The van der Waals surface area contributed by atoms with Crippen LogP contribution in [0.5, 0.6) is 5.75 Å². The van der Waals surface area contributed by atoms with Crippen LogP contribution in [0.2, 0.25) is 0 Å². The Balaban J connectivity index is 2.59. The summed E-state index contributed by atoms with van der Waals surface area (Å²) in [5.41, 5.74) is 0.172. The maximum absolute atomic E-state index is 12.0. The molecule has 132 valence electrons. The van der Waals surface area contributed by atoms with Crippen LogP contribution in [0.15, 0.2) is 18.2 Å². The number of amides is 2. The predicted molar refractivity (Wildman–Crippen MR) is 90.4 cm³/mol. The van der Waals surface area contributed by atoms with E-state index in [2.05, 4.69) is 5.32 Å². The van der Waals surface area contributed by atoms with Gasteiger partial charge < -0.3 is 20.1 Å². The van der Waals surface area contributed by atoms with Crippen LogP contribution in [0.4, 0.5) is 5.69 Å². The lowest BCUT2D eigenvalue weighted by molar-refractivity contribution is -0.131. The highest BCUT2D eigenvalue weighted by atomic mass is 16.5. The molecule has 0 aromatic heterocycles. The van der Waals surface area contributed by atoms with E-state index in [1.807, 2.05) is 13.8 Å². The van der Waals surface area contributed by atoms with E-state index in [1.54, 1.807) is 11.0 Å². The average molecular weight is 336 g/mol. The van der Waals surface area contributed by atoms with Crippen molar-refractivity contribution in [3.8, 4) is 5.75 Å². The molecule has 0 saturated heterocycles. The fourth-order valence-corrected chi connectivity index (χ4v) is 2.28. The Kier molecular flexibility index (Phi) is 7.74. The van der Waals surface area contributed by atoms with Gasteiger partial charge in [-0.25, -0.2) is 4.79 Å². The van der Waals surface area contributed by atoms with Crippen molar-refractivity contribution in [2.24, 2.45) is 0 Å². The number of nitrogens with zero attached hydrogens (tertiary/aromatic N) is 1. The van der Waals surface area contributed by atoms with E-state index >= 15 is 0 Å². The lowest BCUT2D eigenvalue weighted by Crippen LogP contribution is -2.30. The number of ether oxygens (including phenoxy) is 1. The van der Waals surface area contributed by atoms with Gasteiger partial charge in [-0.1, -0.05) is 0 Å². The van der Waals surface area contributed by atoms with Gasteiger partial charge in [0.1, 0.15) is 5.75 Å². The van der Waals surface area contributed by atoms with Crippen LogP contribution in [0.1, 0.15) is 43.5 Å². The van der Waals surface area contributed by atoms with Crippen molar-refractivity contribution in [1.29, 1.82) is 0 Å². The van der Waals surface area contributed by atoms with E-state index in [1.165, 1.54) is 19.2 Å². The SMILES string of the molecule is CCN(CC)C(=O)CCCC(=O)Nc1ccc(OC)cc1C(=O)O. The molecule has 2 amide bonds. The third-order valence-electron chi connectivity index (χ3n) is 3.64. The highest BCUT2D eigenvalue weighted by Gasteiger charge is 2.15. The van der Waals surface area contributed by atoms with Crippen molar-refractivity contribution < 1.29 is 24.2 Å². The van der Waals surface area contributed by atoms with Crippen molar-refractivity contribution in [1.82, 2.24) is 4.90 Å². The molecular weight excluding hydrogens is 312 g/mol. The number of hydrogen-bond acceptors (Lipinski definition) is 4. The number of carbonyl (C=O) groups is 3. The zero-order valence-electron chi connectivity index (χ0n) is 14.3. The number of rotatable bonds is 9. The minimum Gasteiger partial charge on any atom is -0.497 e. The molecular formula is C17H24N2O5. The van der Waals surface area contributed by atoms with E-state index in [0.29, 0.717) is 31.7 Å². The molecule has 0 radical (unpaired) electrons. The van der Waals surface area contributed by atoms with Crippen molar-refractivity contribution in [3.05, 3.63) is 23.8 Å². The summed E-state index contributed by atoms with van der Waals surface area (Å²) in [6.07, 6.45) is 0.862. The summed E-state index contributed by atoms with van der Waals surface area (Å²) in [4.78, 5) is 36.8. The third kappa shape index (κ3) is 5.57. The van der Waals surface area contributed by atoms with Gasteiger partial charge >= 0.3 is 5.97 Å². The Hall–Kier alpha value is -2.57. The Morgan fingerprint density at radius 1 is 1.17 bits per heavy atom. The van der Waals surface area contributed by atoms with E-state index in [-0.39, 0.29) is 29.5 Å². The molecule has 7 heteroatoms. The van der Waals surface area contributed by atoms with Gasteiger partial charge in [0.25, 0.3) is 0 Å². The molecule has 1 aromatic rings. The first-order valence-corrected chi connectivity index (χ1v) is 7.91. The number of carboxylic acids is 1. The zero-order chi connectivity index (χ0) is 18.1. The Morgan fingerprint density at radius 2 is 1.83 bits per heavy atom. The number of methoxy groups -OCH3 is 1. The monoisotopic (exact) mass is 336 g/mol.